The summed E-state index contributed by atoms with van der Waals surface area (Å²) in [5.74, 6) is -1.95. The van der Waals surface area contributed by atoms with Gasteiger partial charge in [0.2, 0.25) is 11.8 Å². The van der Waals surface area contributed by atoms with Crippen LogP contribution in [0.3, 0.4) is 0 Å². The van der Waals surface area contributed by atoms with Crippen molar-refractivity contribution < 1.29 is 22.4 Å². The van der Waals surface area contributed by atoms with Crippen LogP contribution in [0.4, 0.5) is 10.1 Å². The smallest absolute Gasteiger partial charge is 0.264 e. The molecule has 11 heteroatoms. The van der Waals surface area contributed by atoms with E-state index in [0.717, 1.165) is 15.9 Å². The first kappa shape index (κ1) is 32.4. The van der Waals surface area contributed by atoms with Gasteiger partial charge in [0.1, 0.15) is 18.4 Å². The Labute approximate surface area is 251 Å². The van der Waals surface area contributed by atoms with E-state index in [1.807, 2.05) is 27.7 Å². The lowest BCUT2D eigenvalue weighted by atomic mass is 10.1. The number of nitrogens with zero attached hydrogens (tertiary/aromatic N) is 2. The Morgan fingerprint density at radius 1 is 1.00 bits per heavy atom. The van der Waals surface area contributed by atoms with Crippen LogP contribution in [0.5, 0.6) is 0 Å². The molecule has 220 valence electrons. The van der Waals surface area contributed by atoms with Crippen molar-refractivity contribution in [1.29, 1.82) is 0 Å². The van der Waals surface area contributed by atoms with E-state index in [4.69, 9.17) is 23.2 Å². The van der Waals surface area contributed by atoms with Crippen LogP contribution in [0.2, 0.25) is 10.0 Å². The number of para-hydroxylation sites is 1. The number of amides is 2. The van der Waals surface area contributed by atoms with Crippen molar-refractivity contribution in [2.45, 2.75) is 64.1 Å². The molecule has 0 aliphatic carbocycles. The maximum atomic E-state index is 15.1. The first-order chi connectivity index (χ1) is 19.1. The van der Waals surface area contributed by atoms with Crippen LogP contribution in [0, 0.1) is 12.7 Å². The normalized spacial score (nSPS) is 12.5. The summed E-state index contributed by atoms with van der Waals surface area (Å²) in [6, 6.07) is 15.1. The van der Waals surface area contributed by atoms with Crippen LogP contribution in [0.15, 0.2) is 71.6 Å². The first-order valence-electron chi connectivity index (χ1n) is 13.0. The summed E-state index contributed by atoms with van der Waals surface area (Å²) in [6.45, 7) is 8.12. The highest BCUT2D eigenvalue weighted by Gasteiger charge is 2.35. The van der Waals surface area contributed by atoms with Gasteiger partial charge in [-0.1, -0.05) is 66.0 Å². The number of hydrogen-bond acceptors (Lipinski definition) is 4. The lowest BCUT2D eigenvalue weighted by Gasteiger charge is -2.35. The molecule has 0 saturated heterocycles. The molecule has 0 heterocycles. The summed E-state index contributed by atoms with van der Waals surface area (Å²) in [6.07, 6.45) is 0.225. The van der Waals surface area contributed by atoms with Crippen molar-refractivity contribution in [1.82, 2.24) is 10.2 Å². The Morgan fingerprint density at radius 2 is 1.63 bits per heavy atom. The molecule has 0 fully saturated rings. The molecule has 7 nitrogen and oxygen atoms in total. The number of halogens is 3. The maximum absolute atomic E-state index is 15.1. The van der Waals surface area contributed by atoms with Gasteiger partial charge in [-0.2, -0.15) is 0 Å². The number of sulfonamides is 1. The second-order valence-corrected chi connectivity index (χ2v) is 13.4. The van der Waals surface area contributed by atoms with Crippen molar-refractivity contribution in [2.75, 3.05) is 10.8 Å². The lowest BCUT2D eigenvalue weighted by molar-refractivity contribution is -0.141. The van der Waals surface area contributed by atoms with E-state index in [-0.39, 0.29) is 28.6 Å². The van der Waals surface area contributed by atoms with Crippen molar-refractivity contribution in [3.05, 3.63) is 93.7 Å². The Hall–Kier alpha value is -3.14. The van der Waals surface area contributed by atoms with E-state index in [1.165, 1.54) is 41.3 Å². The molecular weight excluding hydrogens is 588 g/mol. The van der Waals surface area contributed by atoms with Gasteiger partial charge in [0.05, 0.1) is 10.6 Å². The number of carbonyl (C=O) groups excluding carboxylic acids is 2. The summed E-state index contributed by atoms with van der Waals surface area (Å²) in [5.41, 5.74) is 0.452. The van der Waals surface area contributed by atoms with Crippen LogP contribution in [-0.2, 0) is 26.2 Å². The fourth-order valence-corrected chi connectivity index (χ4v) is 6.10. The van der Waals surface area contributed by atoms with Gasteiger partial charge in [-0.25, -0.2) is 12.8 Å². The quantitative estimate of drug-likeness (QED) is 0.285. The number of aryl methyl sites for hydroxylation is 1. The molecule has 1 N–H and O–H groups in total. The van der Waals surface area contributed by atoms with Crippen LogP contribution in [0.1, 0.15) is 45.2 Å². The summed E-state index contributed by atoms with van der Waals surface area (Å²) in [5, 5.41) is 3.56. The van der Waals surface area contributed by atoms with Crippen LogP contribution >= 0.6 is 23.2 Å². The molecule has 1 atom stereocenters. The first-order valence-corrected chi connectivity index (χ1v) is 15.2. The van der Waals surface area contributed by atoms with Crippen LogP contribution in [0.25, 0.3) is 0 Å². The Balaban J connectivity index is 2.11. The topological polar surface area (TPSA) is 86.8 Å². The molecule has 0 aliphatic heterocycles. The minimum absolute atomic E-state index is 0.107. The SMILES string of the molecule is CC[C@H](C(=O)NC(C)(C)C)N(Cc1ccc(Cl)cc1Cl)C(=O)CN(c1ccccc1F)S(=O)(=O)c1ccc(C)cc1. The van der Waals surface area contributed by atoms with Gasteiger partial charge in [0.25, 0.3) is 10.0 Å². The van der Waals surface area contributed by atoms with E-state index in [0.29, 0.717) is 10.6 Å². The molecule has 41 heavy (non-hydrogen) atoms. The third-order valence-electron chi connectivity index (χ3n) is 6.25. The fourth-order valence-electron chi connectivity index (χ4n) is 4.21. The van der Waals surface area contributed by atoms with E-state index in [1.54, 1.807) is 31.2 Å². The minimum atomic E-state index is -4.39. The second-order valence-electron chi connectivity index (χ2n) is 10.7. The second kappa shape index (κ2) is 13.2. The Bertz CT molecular complexity index is 1510. The van der Waals surface area contributed by atoms with Crippen molar-refractivity contribution in [3.8, 4) is 0 Å². The van der Waals surface area contributed by atoms with E-state index < -0.39 is 45.8 Å². The highest BCUT2D eigenvalue weighted by molar-refractivity contribution is 7.92. The zero-order valence-electron chi connectivity index (χ0n) is 23.6. The number of carbonyl (C=O) groups is 2. The monoisotopic (exact) mass is 621 g/mol. The maximum Gasteiger partial charge on any atom is 0.264 e. The van der Waals surface area contributed by atoms with Gasteiger partial charge in [-0.05, 0) is 76.1 Å². The van der Waals surface area contributed by atoms with E-state index in [2.05, 4.69) is 5.32 Å². The summed E-state index contributed by atoms with van der Waals surface area (Å²) in [7, 11) is -4.39. The molecule has 0 aliphatic rings. The molecule has 0 saturated carbocycles. The largest absolute Gasteiger partial charge is 0.350 e. The standard InChI is InChI=1S/C30H34Cl2FN3O4S/c1-6-26(29(38)34-30(3,4)5)35(18-21-13-14-22(31)17-24(21)32)28(37)19-36(27-10-8-7-9-25(27)33)41(39,40)23-15-11-20(2)12-16-23/h7-17,26H,6,18-19H2,1-5H3,(H,34,38)/t26-/m1/s1. The van der Waals surface area contributed by atoms with E-state index in [9.17, 15) is 18.0 Å². The molecular formula is C30H34Cl2FN3O4S. The fraction of sp³-hybridized carbons (Fsp3) is 0.333. The molecule has 3 aromatic rings. The van der Waals surface area contributed by atoms with Gasteiger partial charge >= 0.3 is 0 Å². The molecule has 0 radical (unpaired) electrons. The number of anilines is 1. The van der Waals surface area contributed by atoms with Crippen molar-refractivity contribution >= 4 is 50.7 Å². The summed E-state index contributed by atoms with van der Waals surface area (Å²) in [4.78, 5) is 28.6. The van der Waals surface area contributed by atoms with Gasteiger partial charge in [-0.15, -0.1) is 0 Å². The van der Waals surface area contributed by atoms with Gasteiger partial charge in [0, 0.05) is 22.1 Å². The average molecular weight is 623 g/mol. The Kier molecular flexibility index (Phi) is 10.4. The Morgan fingerprint density at radius 3 is 2.20 bits per heavy atom. The zero-order chi connectivity index (χ0) is 30.5. The molecule has 2 amide bonds. The lowest BCUT2D eigenvalue weighted by Crippen LogP contribution is -2.55. The van der Waals surface area contributed by atoms with Crippen molar-refractivity contribution in [3.63, 3.8) is 0 Å². The van der Waals surface area contributed by atoms with Gasteiger partial charge in [-0.3, -0.25) is 13.9 Å². The third kappa shape index (κ3) is 8.21. The highest BCUT2D eigenvalue weighted by atomic mass is 35.5. The van der Waals surface area contributed by atoms with Crippen LogP contribution in [-0.4, -0.2) is 43.3 Å². The summed E-state index contributed by atoms with van der Waals surface area (Å²) < 4.78 is 43.5. The number of benzene rings is 3. The number of hydrogen-bond donors (Lipinski definition) is 1. The average Bonchev–Trinajstić information content (AvgIpc) is 2.88. The van der Waals surface area contributed by atoms with Crippen LogP contribution < -0.4 is 9.62 Å². The number of nitrogens with one attached hydrogen (secondary N) is 1. The van der Waals surface area contributed by atoms with Gasteiger partial charge in [0.15, 0.2) is 0 Å². The molecule has 0 spiro atoms. The number of rotatable bonds is 10. The molecule has 3 aromatic carbocycles. The summed E-state index contributed by atoms with van der Waals surface area (Å²) >= 11 is 12.5. The molecule has 0 aromatic heterocycles. The molecule has 0 bridgehead atoms. The predicted molar refractivity (Wildman–Crippen MR) is 161 cm³/mol. The van der Waals surface area contributed by atoms with E-state index >= 15 is 4.39 Å². The van der Waals surface area contributed by atoms with Crippen molar-refractivity contribution in [2.24, 2.45) is 0 Å². The third-order valence-corrected chi connectivity index (χ3v) is 8.61. The van der Waals surface area contributed by atoms with Gasteiger partial charge < -0.3 is 10.2 Å². The predicted octanol–water partition coefficient (Wildman–Crippen LogP) is 6.36. The molecule has 3 rings (SSSR count). The zero-order valence-corrected chi connectivity index (χ0v) is 25.9. The minimum Gasteiger partial charge on any atom is -0.350 e. The molecule has 0 unspecified atom stereocenters. The highest BCUT2D eigenvalue weighted by Crippen LogP contribution is 2.28.